The Bertz CT molecular complexity index is 1070. The number of rotatable bonds is 6. The van der Waals surface area contributed by atoms with Crippen LogP contribution in [-0.4, -0.2) is 39.7 Å². The molecule has 146 valence electrons. The van der Waals surface area contributed by atoms with Crippen molar-refractivity contribution in [3.8, 4) is 17.3 Å². The van der Waals surface area contributed by atoms with Crippen molar-refractivity contribution in [3.05, 3.63) is 58.1 Å². The summed E-state index contributed by atoms with van der Waals surface area (Å²) in [4.78, 5) is 24.5. The van der Waals surface area contributed by atoms with E-state index in [0.717, 1.165) is 16.1 Å². The van der Waals surface area contributed by atoms with Gasteiger partial charge in [-0.15, -0.1) is 5.10 Å². The average molecular weight is 383 g/mol. The van der Waals surface area contributed by atoms with E-state index < -0.39 is 5.91 Å². The number of methoxy groups -OCH3 is 2. The van der Waals surface area contributed by atoms with Gasteiger partial charge in [0.2, 0.25) is 5.91 Å². The van der Waals surface area contributed by atoms with Crippen LogP contribution in [-0.2, 0) is 11.3 Å². The summed E-state index contributed by atoms with van der Waals surface area (Å²) in [5.74, 6) is 1.11. The van der Waals surface area contributed by atoms with Gasteiger partial charge in [-0.2, -0.15) is 5.10 Å². The highest BCUT2D eigenvalue weighted by molar-refractivity contribution is 5.90. The predicted octanol–water partition coefficient (Wildman–Crippen LogP) is 1.70. The van der Waals surface area contributed by atoms with Crippen LogP contribution in [0.15, 0.2) is 41.2 Å². The van der Waals surface area contributed by atoms with E-state index in [2.05, 4.69) is 15.5 Å². The maximum absolute atomic E-state index is 12.4. The lowest BCUT2D eigenvalue weighted by Crippen LogP contribution is -2.30. The van der Waals surface area contributed by atoms with Crippen LogP contribution < -0.4 is 20.3 Å². The van der Waals surface area contributed by atoms with Crippen molar-refractivity contribution in [2.45, 2.75) is 20.4 Å². The van der Waals surface area contributed by atoms with Gasteiger partial charge in [0.1, 0.15) is 6.54 Å². The Balaban J connectivity index is 1.80. The van der Waals surface area contributed by atoms with Gasteiger partial charge in [-0.3, -0.25) is 9.59 Å². The van der Waals surface area contributed by atoms with Gasteiger partial charge in [0.25, 0.3) is 5.56 Å². The fraction of sp³-hybridized carbons (Fsp3) is 0.263. The van der Waals surface area contributed by atoms with Crippen molar-refractivity contribution >= 4 is 11.6 Å². The zero-order valence-corrected chi connectivity index (χ0v) is 16.1. The van der Waals surface area contributed by atoms with Crippen molar-refractivity contribution in [3.63, 3.8) is 0 Å². The molecule has 2 aromatic heterocycles. The monoisotopic (exact) mass is 383 g/mol. The summed E-state index contributed by atoms with van der Waals surface area (Å²) in [7, 11) is 3.04. The largest absolute Gasteiger partial charge is 0.493 e. The van der Waals surface area contributed by atoms with Crippen LogP contribution >= 0.6 is 0 Å². The average Bonchev–Trinajstić information content (AvgIpc) is 3.01. The first-order valence-electron chi connectivity index (χ1n) is 8.55. The number of anilines is 1. The first-order valence-corrected chi connectivity index (χ1v) is 8.55. The zero-order valence-electron chi connectivity index (χ0n) is 16.1. The quantitative estimate of drug-likeness (QED) is 0.695. The number of benzene rings is 1. The minimum absolute atomic E-state index is 0.236. The van der Waals surface area contributed by atoms with Gasteiger partial charge in [0, 0.05) is 23.5 Å². The minimum atomic E-state index is -0.396. The Morgan fingerprint density at radius 2 is 1.79 bits per heavy atom. The van der Waals surface area contributed by atoms with Crippen molar-refractivity contribution in [1.82, 2.24) is 19.6 Å². The maximum atomic E-state index is 12.4. The molecule has 1 amide bonds. The van der Waals surface area contributed by atoms with Crippen LogP contribution in [0.3, 0.4) is 0 Å². The van der Waals surface area contributed by atoms with Crippen molar-refractivity contribution < 1.29 is 14.3 Å². The summed E-state index contributed by atoms with van der Waals surface area (Å²) in [6.45, 7) is 3.53. The van der Waals surface area contributed by atoms with Crippen LogP contribution in [0.5, 0.6) is 11.5 Å². The molecule has 1 N–H and O–H groups in total. The van der Waals surface area contributed by atoms with E-state index >= 15 is 0 Å². The molecule has 0 saturated heterocycles. The number of aryl methyl sites for hydroxylation is 2. The van der Waals surface area contributed by atoms with Crippen molar-refractivity contribution in [2.75, 3.05) is 19.5 Å². The normalized spacial score (nSPS) is 10.6. The van der Waals surface area contributed by atoms with Crippen LogP contribution in [0.4, 0.5) is 5.69 Å². The Morgan fingerprint density at radius 1 is 1.04 bits per heavy atom. The molecule has 1 aromatic carbocycles. The minimum Gasteiger partial charge on any atom is -0.493 e. The Hall–Kier alpha value is -3.62. The van der Waals surface area contributed by atoms with Gasteiger partial charge in [0.15, 0.2) is 17.3 Å². The molecule has 0 saturated carbocycles. The molecule has 0 aliphatic carbocycles. The lowest BCUT2D eigenvalue weighted by Gasteiger charge is -2.11. The zero-order chi connectivity index (χ0) is 20.3. The maximum Gasteiger partial charge on any atom is 0.267 e. The Labute approximate surface area is 161 Å². The number of ether oxygens (including phenoxy) is 2. The highest BCUT2D eigenvalue weighted by Crippen LogP contribution is 2.29. The smallest absolute Gasteiger partial charge is 0.267 e. The van der Waals surface area contributed by atoms with E-state index in [9.17, 15) is 9.59 Å². The van der Waals surface area contributed by atoms with Crippen LogP contribution in [0, 0.1) is 13.8 Å². The molecule has 0 radical (unpaired) electrons. The predicted molar refractivity (Wildman–Crippen MR) is 103 cm³/mol. The number of nitrogens with one attached hydrogen (secondary N) is 1. The number of carbonyl (C=O) groups is 1. The summed E-state index contributed by atoms with van der Waals surface area (Å²) in [6, 6.07) is 9.84. The van der Waals surface area contributed by atoms with Crippen LogP contribution in [0.2, 0.25) is 0 Å². The number of carbonyl (C=O) groups excluding carboxylic acids is 1. The summed E-state index contributed by atoms with van der Waals surface area (Å²) >= 11 is 0. The molecule has 0 atom stereocenters. The van der Waals surface area contributed by atoms with Gasteiger partial charge in [-0.05, 0) is 38.1 Å². The van der Waals surface area contributed by atoms with Gasteiger partial charge in [-0.1, -0.05) is 0 Å². The van der Waals surface area contributed by atoms with E-state index in [1.165, 1.54) is 20.3 Å². The van der Waals surface area contributed by atoms with Gasteiger partial charge in [-0.25, -0.2) is 9.36 Å². The van der Waals surface area contributed by atoms with Gasteiger partial charge >= 0.3 is 0 Å². The highest BCUT2D eigenvalue weighted by atomic mass is 16.5. The molecule has 0 spiro atoms. The molecular weight excluding hydrogens is 362 g/mol. The number of hydrogen-bond acceptors (Lipinski definition) is 6. The van der Waals surface area contributed by atoms with E-state index in [1.54, 1.807) is 28.9 Å². The first kappa shape index (κ1) is 19.2. The molecule has 2 heterocycles. The summed E-state index contributed by atoms with van der Waals surface area (Å²) in [5, 5.41) is 11.3. The molecule has 9 heteroatoms. The Morgan fingerprint density at radius 3 is 2.43 bits per heavy atom. The van der Waals surface area contributed by atoms with E-state index in [4.69, 9.17) is 9.47 Å². The topological polar surface area (TPSA) is 100 Å². The van der Waals surface area contributed by atoms with Gasteiger partial charge in [0.05, 0.1) is 19.9 Å². The molecule has 0 fully saturated rings. The van der Waals surface area contributed by atoms with Gasteiger partial charge < -0.3 is 14.8 Å². The van der Waals surface area contributed by atoms with Crippen molar-refractivity contribution in [1.29, 1.82) is 0 Å². The molecule has 0 aliphatic heterocycles. The Kier molecular flexibility index (Phi) is 5.44. The van der Waals surface area contributed by atoms with Crippen molar-refractivity contribution in [2.24, 2.45) is 0 Å². The number of nitrogens with zero attached hydrogens (tertiary/aromatic N) is 4. The molecular formula is C19H21N5O4. The fourth-order valence-electron chi connectivity index (χ4n) is 2.78. The summed E-state index contributed by atoms with van der Waals surface area (Å²) < 4.78 is 13.1. The molecule has 0 aliphatic rings. The molecule has 0 unspecified atom stereocenters. The molecule has 0 bridgehead atoms. The molecule has 3 rings (SSSR count). The standard InChI is InChI=1S/C19H21N5O4/c1-12-9-13(2)24(21-12)17-7-8-19(26)23(22-17)11-18(25)20-14-5-6-15(27-3)16(10-14)28-4/h5-10H,11H2,1-4H3,(H,20,25). The van der Waals surface area contributed by atoms with Crippen LogP contribution in [0.25, 0.3) is 5.82 Å². The number of aromatic nitrogens is 4. The highest BCUT2D eigenvalue weighted by Gasteiger charge is 2.12. The van der Waals surface area contributed by atoms with E-state index in [0.29, 0.717) is 23.0 Å². The lowest BCUT2D eigenvalue weighted by atomic mass is 10.2. The first-order chi connectivity index (χ1) is 13.4. The third-order valence-corrected chi connectivity index (χ3v) is 4.04. The van der Waals surface area contributed by atoms with E-state index in [1.807, 2.05) is 19.9 Å². The summed E-state index contributed by atoms with van der Waals surface area (Å²) in [5.41, 5.74) is 1.85. The molecule has 9 nitrogen and oxygen atoms in total. The molecule has 28 heavy (non-hydrogen) atoms. The number of amides is 1. The lowest BCUT2D eigenvalue weighted by molar-refractivity contribution is -0.117. The third-order valence-electron chi connectivity index (χ3n) is 4.04. The molecule has 3 aromatic rings. The van der Waals surface area contributed by atoms with Crippen LogP contribution in [0.1, 0.15) is 11.4 Å². The second kappa shape index (κ2) is 7.95. The van der Waals surface area contributed by atoms with E-state index in [-0.39, 0.29) is 12.1 Å². The summed E-state index contributed by atoms with van der Waals surface area (Å²) in [6.07, 6.45) is 0. The second-order valence-corrected chi connectivity index (χ2v) is 6.14. The SMILES string of the molecule is COc1ccc(NC(=O)Cn2nc(-n3nc(C)cc3C)ccc2=O)cc1OC. The number of hydrogen-bond donors (Lipinski definition) is 1. The second-order valence-electron chi connectivity index (χ2n) is 6.14. The fourth-order valence-corrected chi connectivity index (χ4v) is 2.78. The third kappa shape index (κ3) is 4.03.